The van der Waals surface area contributed by atoms with Gasteiger partial charge in [-0.1, -0.05) is 47.5 Å². The summed E-state index contributed by atoms with van der Waals surface area (Å²) in [6.45, 7) is 2.79. The summed E-state index contributed by atoms with van der Waals surface area (Å²) in [4.78, 5) is 24.4. The van der Waals surface area contributed by atoms with Crippen molar-refractivity contribution in [2.45, 2.75) is 26.5 Å². The van der Waals surface area contributed by atoms with Crippen LogP contribution in [0.15, 0.2) is 59.4 Å². The van der Waals surface area contributed by atoms with Gasteiger partial charge in [-0.15, -0.1) is 0 Å². The Hall–Kier alpha value is -2.96. The Labute approximate surface area is 196 Å². The lowest BCUT2D eigenvalue weighted by Gasteiger charge is -2.17. The van der Waals surface area contributed by atoms with Gasteiger partial charge in [0.05, 0.1) is 30.0 Å². The summed E-state index contributed by atoms with van der Waals surface area (Å²) in [5.41, 5.74) is 1.56. The molecule has 1 heterocycles. The van der Waals surface area contributed by atoms with E-state index in [-0.39, 0.29) is 17.2 Å². The Balaban J connectivity index is 1.82. The molecule has 0 unspecified atom stereocenters. The van der Waals surface area contributed by atoms with E-state index in [1.54, 1.807) is 18.2 Å². The molecule has 6 nitrogen and oxygen atoms in total. The van der Waals surface area contributed by atoms with Crippen LogP contribution in [0.2, 0.25) is 10.0 Å². The zero-order chi connectivity index (χ0) is 23.1. The molecule has 0 atom stereocenters. The average molecular weight is 476 g/mol. The zero-order valence-electron chi connectivity index (χ0n) is 17.8. The highest BCUT2D eigenvalue weighted by atomic mass is 35.5. The zero-order valence-corrected chi connectivity index (χ0v) is 19.3. The number of para-hydroxylation sites is 2. The number of aromatic nitrogens is 1. The molecule has 3 rings (SSSR count). The number of ether oxygens (including phenoxy) is 3. The van der Waals surface area contributed by atoms with Crippen molar-refractivity contribution in [1.82, 2.24) is 4.57 Å². The molecule has 0 radical (unpaired) electrons. The molecule has 168 valence electrons. The quantitative estimate of drug-likeness (QED) is 0.399. The van der Waals surface area contributed by atoms with Gasteiger partial charge in [-0.25, -0.2) is 4.79 Å². The largest absolute Gasteiger partial charge is 0.490 e. The Kier molecular flexibility index (Phi) is 8.20. The smallest absolute Gasteiger partial charge is 0.337 e. The van der Waals surface area contributed by atoms with Crippen LogP contribution >= 0.6 is 23.2 Å². The summed E-state index contributed by atoms with van der Waals surface area (Å²) in [5.74, 6) is 0.763. The minimum Gasteiger partial charge on any atom is -0.490 e. The first-order valence-corrected chi connectivity index (χ1v) is 10.8. The molecule has 0 aliphatic rings. The van der Waals surface area contributed by atoms with Gasteiger partial charge >= 0.3 is 5.97 Å². The first kappa shape index (κ1) is 23.7. The molecular formula is C24H23Cl2NO5. The number of pyridine rings is 1. The van der Waals surface area contributed by atoms with Crippen molar-refractivity contribution in [3.8, 4) is 11.5 Å². The molecule has 32 heavy (non-hydrogen) atoms. The molecule has 0 bridgehead atoms. The Bertz CT molecular complexity index is 1140. The molecule has 0 saturated heterocycles. The van der Waals surface area contributed by atoms with E-state index in [1.807, 2.05) is 37.3 Å². The number of rotatable bonds is 9. The van der Waals surface area contributed by atoms with Crippen molar-refractivity contribution in [1.29, 1.82) is 0 Å². The SMILES string of the molecule is CCOc1ccccc1OCc1c(Cl)cc(Cl)c(=O)n1CCc1ccc(C(=O)OC)cc1. The Morgan fingerprint density at radius 1 is 0.969 bits per heavy atom. The number of halogens is 2. The normalized spacial score (nSPS) is 10.6. The summed E-state index contributed by atoms with van der Waals surface area (Å²) in [7, 11) is 1.34. The fourth-order valence-corrected chi connectivity index (χ4v) is 3.71. The van der Waals surface area contributed by atoms with Gasteiger partial charge < -0.3 is 18.8 Å². The number of esters is 1. The second kappa shape index (κ2) is 11.1. The van der Waals surface area contributed by atoms with E-state index in [4.69, 9.17) is 37.4 Å². The molecule has 0 spiro atoms. The second-order valence-electron chi connectivity index (χ2n) is 6.85. The summed E-state index contributed by atoms with van der Waals surface area (Å²) in [6, 6.07) is 15.7. The molecule has 0 fully saturated rings. The van der Waals surface area contributed by atoms with Crippen LogP contribution in [0.25, 0.3) is 0 Å². The van der Waals surface area contributed by atoms with Gasteiger partial charge in [0.2, 0.25) is 0 Å². The highest BCUT2D eigenvalue weighted by molar-refractivity contribution is 6.34. The van der Waals surface area contributed by atoms with Crippen LogP contribution in [0.5, 0.6) is 11.5 Å². The van der Waals surface area contributed by atoms with Gasteiger partial charge in [0, 0.05) is 6.54 Å². The van der Waals surface area contributed by atoms with Crippen LogP contribution < -0.4 is 15.0 Å². The van der Waals surface area contributed by atoms with E-state index in [9.17, 15) is 9.59 Å². The predicted molar refractivity (Wildman–Crippen MR) is 124 cm³/mol. The summed E-state index contributed by atoms with van der Waals surface area (Å²) < 4.78 is 17.8. The molecule has 0 aliphatic heterocycles. The van der Waals surface area contributed by atoms with Gasteiger partial charge in [0.15, 0.2) is 11.5 Å². The van der Waals surface area contributed by atoms with Gasteiger partial charge in [-0.2, -0.15) is 0 Å². The van der Waals surface area contributed by atoms with Crippen molar-refractivity contribution < 1.29 is 19.0 Å². The first-order valence-electron chi connectivity index (χ1n) is 10.0. The van der Waals surface area contributed by atoms with Gasteiger partial charge in [0.25, 0.3) is 5.56 Å². The summed E-state index contributed by atoms with van der Waals surface area (Å²) >= 11 is 12.5. The van der Waals surface area contributed by atoms with E-state index in [0.717, 1.165) is 5.56 Å². The third-order valence-electron chi connectivity index (χ3n) is 4.82. The molecular weight excluding hydrogens is 453 g/mol. The molecule has 8 heteroatoms. The van der Waals surface area contributed by atoms with Crippen LogP contribution in [0.1, 0.15) is 28.5 Å². The molecule has 0 aliphatic carbocycles. The van der Waals surface area contributed by atoms with Crippen LogP contribution in [0.4, 0.5) is 0 Å². The number of carbonyl (C=O) groups excluding carboxylic acids is 1. The van der Waals surface area contributed by atoms with Crippen LogP contribution in [0, 0.1) is 0 Å². The third kappa shape index (κ3) is 5.64. The van der Waals surface area contributed by atoms with Crippen LogP contribution in [-0.4, -0.2) is 24.3 Å². The first-order chi connectivity index (χ1) is 15.4. The van der Waals surface area contributed by atoms with Crippen molar-refractivity contribution in [2.24, 2.45) is 0 Å². The fourth-order valence-electron chi connectivity index (χ4n) is 3.18. The fraction of sp³-hybridized carbons (Fsp3) is 0.250. The molecule has 0 amide bonds. The lowest BCUT2D eigenvalue weighted by molar-refractivity contribution is 0.0600. The highest BCUT2D eigenvalue weighted by Crippen LogP contribution is 2.28. The minimum atomic E-state index is -0.402. The van der Waals surface area contributed by atoms with E-state index < -0.39 is 5.97 Å². The monoisotopic (exact) mass is 475 g/mol. The van der Waals surface area contributed by atoms with E-state index >= 15 is 0 Å². The van der Waals surface area contributed by atoms with Gasteiger partial charge in [-0.3, -0.25) is 4.79 Å². The number of methoxy groups -OCH3 is 1. The molecule has 3 aromatic rings. The number of hydrogen-bond donors (Lipinski definition) is 0. The van der Waals surface area contributed by atoms with E-state index in [1.165, 1.54) is 17.7 Å². The maximum Gasteiger partial charge on any atom is 0.337 e. The number of aryl methyl sites for hydroxylation is 1. The van der Waals surface area contributed by atoms with Crippen molar-refractivity contribution in [2.75, 3.05) is 13.7 Å². The van der Waals surface area contributed by atoms with E-state index in [2.05, 4.69) is 0 Å². The lowest BCUT2D eigenvalue weighted by Crippen LogP contribution is -2.26. The molecule has 0 N–H and O–H groups in total. The number of hydrogen-bond acceptors (Lipinski definition) is 5. The number of carbonyl (C=O) groups is 1. The lowest BCUT2D eigenvalue weighted by atomic mass is 10.1. The maximum absolute atomic E-state index is 12.8. The highest BCUT2D eigenvalue weighted by Gasteiger charge is 2.15. The standard InChI is InChI=1S/C24H23Cl2NO5/c1-3-31-21-6-4-5-7-22(21)32-15-20-18(25)14-19(26)23(28)27(20)13-12-16-8-10-17(11-9-16)24(29)30-2/h4-11,14H,3,12-13,15H2,1-2H3. The maximum atomic E-state index is 12.8. The minimum absolute atomic E-state index is 0.0366. The summed E-state index contributed by atoms with van der Waals surface area (Å²) in [6.07, 6.45) is 0.528. The molecule has 1 aromatic heterocycles. The van der Waals surface area contributed by atoms with Gasteiger partial charge in [0.1, 0.15) is 11.6 Å². The van der Waals surface area contributed by atoms with Crippen LogP contribution in [0.3, 0.4) is 0 Å². The predicted octanol–water partition coefficient (Wildman–Crippen LogP) is 5.16. The van der Waals surface area contributed by atoms with E-state index in [0.29, 0.717) is 47.4 Å². The molecule has 2 aromatic carbocycles. The number of nitrogens with zero attached hydrogens (tertiary/aromatic N) is 1. The average Bonchev–Trinajstić information content (AvgIpc) is 2.80. The third-order valence-corrected chi connectivity index (χ3v) is 5.41. The Morgan fingerprint density at radius 2 is 1.62 bits per heavy atom. The second-order valence-corrected chi connectivity index (χ2v) is 7.67. The number of benzene rings is 2. The van der Waals surface area contributed by atoms with Gasteiger partial charge in [-0.05, 0) is 49.2 Å². The van der Waals surface area contributed by atoms with Crippen molar-refractivity contribution in [3.05, 3.63) is 91.8 Å². The van der Waals surface area contributed by atoms with Crippen LogP contribution in [-0.2, 0) is 24.3 Å². The summed E-state index contributed by atoms with van der Waals surface area (Å²) in [5, 5.41) is 0.374. The molecule has 0 saturated carbocycles. The topological polar surface area (TPSA) is 66.8 Å². The van der Waals surface area contributed by atoms with Crippen molar-refractivity contribution in [3.63, 3.8) is 0 Å². The Morgan fingerprint density at radius 3 is 2.25 bits per heavy atom. The van der Waals surface area contributed by atoms with Crippen molar-refractivity contribution >= 4 is 29.2 Å².